The van der Waals surface area contributed by atoms with Crippen molar-refractivity contribution in [2.24, 2.45) is 5.92 Å². The van der Waals surface area contributed by atoms with Crippen LogP contribution in [0.5, 0.6) is 5.75 Å². The minimum Gasteiger partial charge on any atom is -0.494 e. The van der Waals surface area contributed by atoms with Crippen LogP contribution in [-0.2, 0) is 4.79 Å². The van der Waals surface area contributed by atoms with Crippen LogP contribution in [0.4, 0.5) is 4.39 Å². The van der Waals surface area contributed by atoms with Crippen LogP contribution in [0.3, 0.4) is 0 Å². The molecule has 0 aliphatic rings. The van der Waals surface area contributed by atoms with E-state index in [1.807, 2.05) is 52.0 Å². The fourth-order valence-electron chi connectivity index (χ4n) is 3.82. The van der Waals surface area contributed by atoms with Gasteiger partial charge in [-0.25, -0.2) is 4.39 Å². The summed E-state index contributed by atoms with van der Waals surface area (Å²) in [4.78, 5) is 12.6. The fraction of sp³-hybridized carbons (Fsp3) is 0.304. The van der Waals surface area contributed by atoms with Crippen molar-refractivity contribution in [1.82, 2.24) is 4.57 Å². The number of aliphatic carboxylic acids is 1. The Bertz CT molecular complexity index is 1100. The van der Waals surface area contributed by atoms with E-state index in [-0.39, 0.29) is 11.7 Å². The van der Waals surface area contributed by atoms with Gasteiger partial charge in [0, 0.05) is 22.7 Å². The maximum atomic E-state index is 14.6. The molecule has 0 aliphatic heterocycles. The summed E-state index contributed by atoms with van der Waals surface area (Å²) >= 11 is 5.74. The molecule has 0 aliphatic carbocycles. The van der Waals surface area contributed by atoms with Gasteiger partial charge in [-0.15, -0.1) is 0 Å². The minimum absolute atomic E-state index is 0.0741. The van der Waals surface area contributed by atoms with Gasteiger partial charge in [0.1, 0.15) is 4.99 Å². The largest absolute Gasteiger partial charge is 0.494 e. The molecule has 1 aromatic heterocycles. The van der Waals surface area contributed by atoms with E-state index in [1.54, 1.807) is 10.6 Å². The van der Waals surface area contributed by atoms with Crippen LogP contribution in [0.2, 0.25) is 0 Å². The molecule has 0 amide bonds. The van der Waals surface area contributed by atoms with Gasteiger partial charge < -0.3 is 14.4 Å². The van der Waals surface area contributed by atoms with Crippen LogP contribution in [-0.4, -0.2) is 27.7 Å². The summed E-state index contributed by atoms with van der Waals surface area (Å²) in [7, 11) is 1.39. The van der Waals surface area contributed by atoms with Crippen molar-refractivity contribution < 1.29 is 19.0 Å². The maximum absolute atomic E-state index is 14.6. The summed E-state index contributed by atoms with van der Waals surface area (Å²) in [5.74, 6) is -2.28. The molecule has 1 unspecified atom stereocenters. The Labute approximate surface area is 174 Å². The Hall–Kier alpha value is -2.73. The molecule has 2 aromatic carbocycles. The number of hydrogen-bond acceptors (Lipinski definition) is 3. The second-order valence-electron chi connectivity index (χ2n) is 7.57. The van der Waals surface area contributed by atoms with E-state index in [4.69, 9.17) is 17.0 Å². The van der Waals surface area contributed by atoms with Crippen LogP contribution in [0.15, 0.2) is 36.4 Å². The normalized spacial score (nSPS) is 12.4. The summed E-state index contributed by atoms with van der Waals surface area (Å²) in [6.07, 6.45) is 0. The van der Waals surface area contributed by atoms with Crippen LogP contribution in [0.1, 0.15) is 42.1 Å². The number of halogens is 1. The number of methoxy groups -OCH3 is 1. The van der Waals surface area contributed by atoms with E-state index in [2.05, 4.69) is 0 Å². The highest BCUT2D eigenvalue weighted by Crippen LogP contribution is 2.39. The molecule has 0 spiro atoms. The van der Waals surface area contributed by atoms with Crippen molar-refractivity contribution in [3.63, 3.8) is 0 Å². The number of rotatable bonds is 5. The Morgan fingerprint density at radius 1 is 1.17 bits per heavy atom. The van der Waals surface area contributed by atoms with Crippen LogP contribution in [0.25, 0.3) is 10.9 Å². The summed E-state index contributed by atoms with van der Waals surface area (Å²) in [6, 6.07) is 10.7. The summed E-state index contributed by atoms with van der Waals surface area (Å²) in [6.45, 7) is 7.54. The quantitative estimate of drug-likeness (QED) is 0.565. The zero-order chi connectivity index (χ0) is 21.5. The zero-order valence-electron chi connectivity index (χ0n) is 17.1. The molecule has 0 radical (unpaired) electrons. The smallest absolute Gasteiger partial charge is 0.311 e. The lowest BCUT2D eigenvalue weighted by atomic mass is 9.86. The van der Waals surface area contributed by atoms with Crippen molar-refractivity contribution in [1.29, 1.82) is 0 Å². The van der Waals surface area contributed by atoms with Gasteiger partial charge in [0.05, 0.1) is 18.5 Å². The van der Waals surface area contributed by atoms with Gasteiger partial charge in [-0.2, -0.15) is 0 Å². The molecule has 0 saturated carbocycles. The Morgan fingerprint density at radius 3 is 2.31 bits per heavy atom. The van der Waals surface area contributed by atoms with Crippen molar-refractivity contribution in [2.75, 3.05) is 7.11 Å². The van der Waals surface area contributed by atoms with Gasteiger partial charge in [-0.3, -0.25) is 4.79 Å². The third-order valence-corrected chi connectivity index (χ3v) is 5.69. The average molecular weight is 414 g/mol. The number of carbonyl (C=O) groups is 1. The van der Waals surface area contributed by atoms with Crippen LogP contribution in [0, 0.1) is 25.6 Å². The third-order valence-electron chi connectivity index (χ3n) is 5.27. The Kier molecular flexibility index (Phi) is 5.75. The number of fused-ring (bicyclic) bond motifs is 1. The first kappa shape index (κ1) is 21.0. The minimum atomic E-state index is -0.924. The number of aryl methyl sites for hydroxylation is 1. The first-order chi connectivity index (χ1) is 13.7. The van der Waals surface area contributed by atoms with Crippen molar-refractivity contribution in [3.8, 4) is 5.75 Å². The van der Waals surface area contributed by atoms with Gasteiger partial charge >= 0.3 is 5.97 Å². The average Bonchev–Trinajstić information content (AvgIpc) is 2.92. The molecule has 0 saturated heterocycles. The molecule has 0 fully saturated rings. The number of carboxylic acids is 1. The molecule has 6 heteroatoms. The number of thiocarbonyl (C=S) groups is 1. The molecule has 4 nitrogen and oxygen atoms in total. The van der Waals surface area contributed by atoms with E-state index in [0.717, 1.165) is 11.1 Å². The van der Waals surface area contributed by atoms with Crippen LogP contribution >= 0.6 is 12.2 Å². The van der Waals surface area contributed by atoms with E-state index in [9.17, 15) is 14.3 Å². The van der Waals surface area contributed by atoms with Crippen molar-refractivity contribution >= 4 is 34.1 Å². The van der Waals surface area contributed by atoms with E-state index in [0.29, 0.717) is 27.1 Å². The van der Waals surface area contributed by atoms with E-state index >= 15 is 0 Å². The zero-order valence-corrected chi connectivity index (χ0v) is 17.9. The molecule has 1 atom stereocenters. The number of benzene rings is 2. The molecular formula is C23H24FNO3S. The lowest BCUT2D eigenvalue weighted by molar-refractivity contribution is -0.139. The number of aromatic nitrogens is 1. The monoisotopic (exact) mass is 413 g/mol. The molecule has 152 valence electrons. The SMILES string of the molecule is COc1cc2c(C(C(=O)O)C(C)C)c(C)n(C(=S)c3ccc(C)cc3)c2cc1F. The summed E-state index contributed by atoms with van der Waals surface area (Å²) < 4.78 is 21.5. The standard InChI is InChI=1S/C23H24FNO3S/c1-12(2)20(23(26)27)21-14(4)25(22(29)15-8-6-13(3)7-9-15)18-11-17(24)19(28-5)10-16(18)21/h6-12,20H,1-5H3,(H,26,27). The van der Waals surface area contributed by atoms with E-state index in [1.165, 1.54) is 13.2 Å². The first-order valence-electron chi connectivity index (χ1n) is 9.40. The number of nitrogens with zero attached hydrogens (tertiary/aromatic N) is 1. The highest BCUT2D eigenvalue weighted by atomic mass is 32.1. The number of carboxylic acid groups (broad SMARTS) is 1. The second-order valence-corrected chi connectivity index (χ2v) is 7.96. The molecule has 29 heavy (non-hydrogen) atoms. The molecule has 1 N–H and O–H groups in total. The molecule has 3 rings (SSSR count). The lowest BCUT2D eigenvalue weighted by Gasteiger charge is -2.18. The predicted molar refractivity (Wildman–Crippen MR) is 117 cm³/mol. The Balaban J connectivity index is 2.37. The highest BCUT2D eigenvalue weighted by molar-refractivity contribution is 7.80. The number of hydrogen-bond donors (Lipinski definition) is 1. The van der Waals surface area contributed by atoms with Crippen molar-refractivity contribution in [3.05, 3.63) is 64.6 Å². The molecule has 3 aromatic rings. The molecule has 1 heterocycles. The third kappa shape index (κ3) is 3.65. The van der Waals surface area contributed by atoms with Gasteiger partial charge in [0.15, 0.2) is 11.6 Å². The topological polar surface area (TPSA) is 51.5 Å². The van der Waals surface area contributed by atoms with E-state index < -0.39 is 17.7 Å². The lowest BCUT2D eigenvalue weighted by Crippen LogP contribution is -2.19. The summed E-state index contributed by atoms with van der Waals surface area (Å²) in [5, 5.41) is 10.5. The van der Waals surface area contributed by atoms with Crippen molar-refractivity contribution in [2.45, 2.75) is 33.6 Å². The predicted octanol–water partition coefficient (Wildman–Crippen LogP) is 5.45. The van der Waals surface area contributed by atoms with Gasteiger partial charge in [0.2, 0.25) is 0 Å². The van der Waals surface area contributed by atoms with Gasteiger partial charge in [-0.1, -0.05) is 55.9 Å². The highest BCUT2D eigenvalue weighted by Gasteiger charge is 2.31. The second kappa shape index (κ2) is 7.95. The summed E-state index contributed by atoms with van der Waals surface area (Å²) in [5.41, 5.74) is 3.78. The Morgan fingerprint density at radius 2 is 1.79 bits per heavy atom. The fourth-order valence-corrected chi connectivity index (χ4v) is 4.19. The maximum Gasteiger partial charge on any atom is 0.311 e. The van der Waals surface area contributed by atoms with Gasteiger partial charge in [0.25, 0.3) is 0 Å². The van der Waals surface area contributed by atoms with Crippen LogP contribution < -0.4 is 4.74 Å². The molecule has 0 bridgehead atoms. The van der Waals surface area contributed by atoms with Gasteiger partial charge in [-0.05, 0) is 31.4 Å². The number of ether oxygens (including phenoxy) is 1. The first-order valence-corrected chi connectivity index (χ1v) is 9.80. The molecular weight excluding hydrogens is 389 g/mol.